The van der Waals surface area contributed by atoms with Crippen LogP contribution in [0, 0.1) is 10.1 Å². The maximum atomic E-state index is 11.1. The Bertz CT molecular complexity index is 1060. The third-order valence-electron chi connectivity index (χ3n) is 5.69. The second-order valence-corrected chi connectivity index (χ2v) is 8.94. The number of hydrogen-bond donors (Lipinski definition) is 1. The zero-order chi connectivity index (χ0) is 21.2. The van der Waals surface area contributed by atoms with Crippen molar-refractivity contribution in [2.75, 3.05) is 41.3 Å². The van der Waals surface area contributed by atoms with E-state index in [0.717, 1.165) is 56.6 Å². The van der Waals surface area contributed by atoms with E-state index in [1.165, 1.54) is 30.2 Å². The van der Waals surface area contributed by atoms with E-state index in [0.29, 0.717) is 28.5 Å². The van der Waals surface area contributed by atoms with Gasteiger partial charge >= 0.3 is 0 Å². The van der Waals surface area contributed by atoms with E-state index >= 15 is 0 Å². The van der Waals surface area contributed by atoms with E-state index in [9.17, 15) is 10.1 Å². The van der Waals surface area contributed by atoms with Crippen molar-refractivity contribution in [3.05, 3.63) is 28.3 Å². The van der Waals surface area contributed by atoms with Gasteiger partial charge in [-0.1, -0.05) is 11.3 Å². The van der Waals surface area contributed by atoms with Gasteiger partial charge in [0.2, 0.25) is 17.8 Å². The number of rotatable bonds is 5. The number of anilines is 4. The average molecular weight is 441 g/mol. The molecular formula is C20H24N8O2S. The first kappa shape index (κ1) is 19.9. The molecule has 0 atom stereocenters. The molecule has 1 N–H and O–H groups in total. The largest absolute Gasteiger partial charge is 0.341 e. The molecule has 0 radical (unpaired) electrons. The van der Waals surface area contributed by atoms with Crippen LogP contribution in [0.4, 0.5) is 28.7 Å². The number of nitrogens with one attached hydrogen (secondary N) is 1. The van der Waals surface area contributed by atoms with Crippen molar-refractivity contribution in [3.8, 4) is 0 Å². The molecule has 2 saturated heterocycles. The lowest BCUT2D eigenvalue weighted by molar-refractivity contribution is -0.384. The summed E-state index contributed by atoms with van der Waals surface area (Å²) in [6.45, 7) is 3.81. The number of aromatic nitrogens is 4. The molecule has 4 heterocycles. The summed E-state index contributed by atoms with van der Waals surface area (Å²) in [5.41, 5.74) is 0.766. The fraction of sp³-hybridized carbons (Fsp3) is 0.500. The summed E-state index contributed by atoms with van der Waals surface area (Å²) in [6, 6.07) is 4.68. The molecule has 3 aromatic rings. The third-order valence-corrected chi connectivity index (χ3v) is 6.62. The minimum absolute atomic E-state index is 0.0580. The first-order valence-corrected chi connectivity index (χ1v) is 11.6. The van der Waals surface area contributed by atoms with Crippen LogP contribution in [0.15, 0.2) is 18.2 Å². The van der Waals surface area contributed by atoms with E-state index in [4.69, 9.17) is 4.98 Å². The smallest absolute Gasteiger partial charge is 0.270 e. The molecule has 2 aromatic heterocycles. The summed E-state index contributed by atoms with van der Waals surface area (Å²) >= 11 is 1.35. The lowest BCUT2D eigenvalue weighted by atomic mass is 10.1. The van der Waals surface area contributed by atoms with Crippen LogP contribution in [0.5, 0.6) is 0 Å². The van der Waals surface area contributed by atoms with E-state index < -0.39 is 4.92 Å². The van der Waals surface area contributed by atoms with Crippen LogP contribution >= 0.6 is 11.3 Å². The Labute approximate surface area is 183 Å². The number of hydrogen-bond acceptors (Lipinski definition) is 10. The summed E-state index contributed by atoms with van der Waals surface area (Å²) in [7, 11) is 0. The number of nitro benzene ring substituents is 1. The first-order valence-electron chi connectivity index (χ1n) is 10.7. The van der Waals surface area contributed by atoms with Crippen LogP contribution in [0.2, 0.25) is 0 Å². The molecule has 31 heavy (non-hydrogen) atoms. The number of fused-ring (bicyclic) bond motifs is 1. The number of non-ortho nitro benzene ring substituents is 1. The van der Waals surface area contributed by atoms with Gasteiger partial charge in [0, 0.05) is 38.3 Å². The molecule has 11 heteroatoms. The van der Waals surface area contributed by atoms with E-state index in [1.54, 1.807) is 12.1 Å². The van der Waals surface area contributed by atoms with Gasteiger partial charge in [0.15, 0.2) is 5.13 Å². The quantitative estimate of drug-likeness (QED) is 0.462. The number of nitrogens with zero attached hydrogens (tertiary/aromatic N) is 7. The molecule has 0 spiro atoms. The zero-order valence-corrected chi connectivity index (χ0v) is 18.0. The van der Waals surface area contributed by atoms with Crippen molar-refractivity contribution in [1.82, 2.24) is 19.9 Å². The number of thiazole rings is 1. The highest BCUT2D eigenvalue weighted by Crippen LogP contribution is 2.31. The minimum Gasteiger partial charge on any atom is -0.341 e. The fourth-order valence-corrected chi connectivity index (χ4v) is 4.95. The fourth-order valence-electron chi connectivity index (χ4n) is 4.06. The Morgan fingerprint density at radius 2 is 1.48 bits per heavy atom. The van der Waals surface area contributed by atoms with E-state index in [1.807, 2.05) is 0 Å². The maximum absolute atomic E-state index is 11.1. The van der Waals surface area contributed by atoms with Gasteiger partial charge in [-0.25, -0.2) is 4.98 Å². The van der Waals surface area contributed by atoms with Crippen LogP contribution in [-0.2, 0) is 0 Å². The second kappa shape index (κ2) is 8.58. The van der Waals surface area contributed by atoms with Crippen LogP contribution in [-0.4, -0.2) is 51.0 Å². The summed E-state index contributed by atoms with van der Waals surface area (Å²) in [6.07, 6.45) is 7.05. The Morgan fingerprint density at radius 1 is 0.871 bits per heavy atom. The van der Waals surface area contributed by atoms with Crippen molar-refractivity contribution < 1.29 is 4.92 Å². The third kappa shape index (κ3) is 4.36. The van der Waals surface area contributed by atoms with Crippen molar-refractivity contribution in [2.45, 2.75) is 38.5 Å². The molecule has 1 aromatic carbocycles. The Balaban J connectivity index is 1.46. The standard InChI is InChI=1S/C20H24N8O2S/c29-28(30)14-7-8-15-16(13-14)31-20(21-15)24-17-22-18(26-9-3-1-4-10-26)25-19(23-17)27-11-5-2-6-12-27/h7-8,13H,1-6,9-12H2,(H,21,22,23,24,25). The Morgan fingerprint density at radius 3 is 2.06 bits per heavy atom. The van der Waals surface area contributed by atoms with Gasteiger partial charge in [0.05, 0.1) is 15.1 Å². The molecule has 10 nitrogen and oxygen atoms in total. The van der Waals surface area contributed by atoms with Crippen LogP contribution in [0.1, 0.15) is 38.5 Å². The van der Waals surface area contributed by atoms with Crippen molar-refractivity contribution in [1.29, 1.82) is 0 Å². The van der Waals surface area contributed by atoms with Crippen LogP contribution < -0.4 is 15.1 Å². The normalized spacial score (nSPS) is 17.2. The topological polar surface area (TPSA) is 113 Å². The lowest BCUT2D eigenvalue weighted by Crippen LogP contribution is -2.34. The molecule has 0 saturated carbocycles. The highest BCUT2D eigenvalue weighted by atomic mass is 32.1. The van der Waals surface area contributed by atoms with Crippen molar-refractivity contribution in [3.63, 3.8) is 0 Å². The molecule has 2 fully saturated rings. The summed E-state index contributed by atoms with van der Waals surface area (Å²) in [5.74, 6) is 1.87. The van der Waals surface area contributed by atoms with Gasteiger partial charge in [0.1, 0.15) is 0 Å². The molecule has 0 aliphatic carbocycles. The molecule has 2 aliphatic heterocycles. The van der Waals surface area contributed by atoms with Gasteiger partial charge in [-0.05, 0) is 44.6 Å². The predicted molar refractivity (Wildman–Crippen MR) is 122 cm³/mol. The van der Waals surface area contributed by atoms with E-state index in [-0.39, 0.29) is 5.69 Å². The van der Waals surface area contributed by atoms with Gasteiger partial charge in [-0.3, -0.25) is 15.4 Å². The van der Waals surface area contributed by atoms with Gasteiger partial charge in [-0.2, -0.15) is 15.0 Å². The molecule has 2 aliphatic rings. The van der Waals surface area contributed by atoms with Gasteiger partial charge < -0.3 is 9.80 Å². The number of nitro groups is 1. The SMILES string of the molecule is O=[N+]([O-])c1ccc2nc(Nc3nc(N4CCCCC4)nc(N4CCCCC4)n3)sc2c1. The molecule has 0 bridgehead atoms. The Kier molecular flexibility index (Phi) is 5.49. The predicted octanol–water partition coefficient (Wildman–Crippen LogP) is 4.11. The molecule has 0 amide bonds. The van der Waals surface area contributed by atoms with Gasteiger partial charge in [0.25, 0.3) is 5.69 Å². The molecule has 162 valence electrons. The second-order valence-electron chi connectivity index (χ2n) is 7.91. The lowest BCUT2D eigenvalue weighted by Gasteiger charge is -2.30. The Hall–Kier alpha value is -3.08. The average Bonchev–Trinajstić information content (AvgIpc) is 3.21. The van der Waals surface area contributed by atoms with Gasteiger partial charge in [-0.15, -0.1) is 0 Å². The molecule has 0 unspecified atom stereocenters. The highest BCUT2D eigenvalue weighted by Gasteiger charge is 2.21. The summed E-state index contributed by atoms with van der Waals surface area (Å²) in [5, 5.41) is 14.9. The zero-order valence-electron chi connectivity index (χ0n) is 17.2. The monoisotopic (exact) mass is 440 g/mol. The molecular weight excluding hydrogens is 416 g/mol. The van der Waals surface area contributed by atoms with Crippen LogP contribution in [0.25, 0.3) is 10.2 Å². The summed E-state index contributed by atoms with van der Waals surface area (Å²) < 4.78 is 0.748. The molecule has 5 rings (SSSR count). The highest BCUT2D eigenvalue weighted by molar-refractivity contribution is 7.22. The first-order chi connectivity index (χ1) is 15.2. The summed E-state index contributed by atoms with van der Waals surface area (Å²) in [4.78, 5) is 33.8. The maximum Gasteiger partial charge on any atom is 0.270 e. The van der Waals surface area contributed by atoms with Crippen molar-refractivity contribution in [2.24, 2.45) is 0 Å². The van der Waals surface area contributed by atoms with E-state index in [2.05, 4.69) is 30.1 Å². The number of piperidine rings is 2. The number of benzene rings is 1. The van der Waals surface area contributed by atoms with Crippen molar-refractivity contribution >= 4 is 50.2 Å². The minimum atomic E-state index is -0.395. The van der Waals surface area contributed by atoms with Crippen LogP contribution in [0.3, 0.4) is 0 Å².